The summed E-state index contributed by atoms with van der Waals surface area (Å²) in [6, 6.07) is 33.3. The summed E-state index contributed by atoms with van der Waals surface area (Å²) in [6.45, 7) is 4.85. The van der Waals surface area contributed by atoms with Gasteiger partial charge < -0.3 is 10.2 Å². The van der Waals surface area contributed by atoms with Crippen LogP contribution >= 0.6 is 7.26 Å². The zero-order valence-electron chi connectivity index (χ0n) is 24.4. The zero-order chi connectivity index (χ0) is 29.5. The Morgan fingerprint density at radius 3 is 1.34 bits per heavy atom. The van der Waals surface area contributed by atoms with Crippen molar-refractivity contribution in [2.45, 2.75) is 71.1 Å². The molecule has 3 rings (SSSR count). The first kappa shape index (κ1) is 32.0. The molecule has 0 aromatic heterocycles. The van der Waals surface area contributed by atoms with Gasteiger partial charge in [-0.3, -0.25) is 9.59 Å². The van der Waals surface area contributed by atoms with E-state index in [-0.39, 0.29) is 12.0 Å². The predicted molar refractivity (Wildman–Crippen MR) is 175 cm³/mol. The molecule has 5 heteroatoms. The maximum atomic E-state index is 12.0. The summed E-state index contributed by atoms with van der Waals surface area (Å²) in [4.78, 5) is 23.7. The fraction of sp³-hybridized carbons (Fsp3) is 0.333. The van der Waals surface area contributed by atoms with E-state index < -0.39 is 30.3 Å². The van der Waals surface area contributed by atoms with Crippen LogP contribution in [0.5, 0.6) is 0 Å². The monoisotopic (exact) mass is 572 g/mol. The Morgan fingerprint density at radius 2 is 0.951 bits per heavy atom. The molecular formula is C36H45O4P. The summed E-state index contributed by atoms with van der Waals surface area (Å²) < 4.78 is 0. The molecule has 0 bridgehead atoms. The van der Waals surface area contributed by atoms with Gasteiger partial charge in [-0.15, -0.1) is 0 Å². The van der Waals surface area contributed by atoms with Crippen molar-refractivity contribution in [3.63, 3.8) is 0 Å². The molecule has 0 spiro atoms. The number of aliphatic hydroxyl groups is 2. The van der Waals surface area contributed by atoms with E-state index >= 15 is 0 Å². The maximum absolute atomic E-state index is 12.0. The van der Waals surface area contributed by atoms with Crippen molar-refractivity contribution in [3.8, 4) is 0 Å². The zero-order valence-corrected chi connectivity index (χ0v) is 25.4. The number of carbonyl (C=O) groups is 2. The van der Waals surface area contributed by atoms with Crippen molar-refractivity contribution >= 4 is 34.7 Å². The second kappa shape index (κ2) is 16.7. The summed E-state index contributed by atoms with van der Waals surface area (Å²) in [6.07, 6.45) is 11.0. The van der Waals surface area contributed by atoms with Gasteiger partial charge in [-0.1, -0.05) is 6.58 Å². The second-order valence-corrected chi connectivity index (χ2v) is 15.0. The summed E-state index contributed by atoms with van der Waals surface area (Å²) >= 11 is 0. The third kappa shape index (κ3) is 9.00. The Morgan fingerprint density at radius 1 is 0.585 bits per heavy atom. The van der Waals surface area contributed by atoms with E-state index in [9.17, 15) is 19.8 Å². The van der Waals surface area contributed by atoms with E-state index in [4.69, 9.17) is 0 Å². The van der Waals surface area contributed by atoms with E-state index in [1.165, 1.54) is 61.1 Å². The van der Waals surface area contributed by atoms with Crippen LogP contribution in [0.15, 0.2) is 115 Å². The number of unbranched alkanes of at least 4 members (excludes halogenated alkanes) is 8. The summed E-state index contributed by atoms with van der Waals surface area (Å²) in [5, 5.41) is 23.9. The van der Waals surface area contributed by atoms with Crippen molar-refractivity contribution in [2.24, 2.45) is 0 Å². The first-order valence-corrected chi connectivity index (χ1v) is 17.1. The summed E-state index contributed by atoms with van der Waals surface area (Å²) in [5.74, 6) is -3.15. The number of aliphatic hydroxyl groups excluding tert-OH is 2. The normalized spacial score (nSPS) is 12.4. The average Bonchev–Trinajstić information content (AvgIpc) is 3.01. The molecule has 0 radical (unpaired) electrons. The number of ketones is 2. The molecule has 3 aromatic carbocycles. The fourth-order valence-electron chi connectivity index (χ4n) is 5.57. The molecule has 0 aliphatic carbocycles. The van der Waals surface area contributed by atoms with E-state index in [2.05, 4.69) is 97.6 Å². The number of benzene rings is 3. The average molecular weight is 573 g/mol. The molecular weight excluding hydrogens is 527 g/mol. The second-order valence-electron chi connectivity index (χ2n) is 10.9. The van der Waals surface area contributed by atoms with Gasteiger partial charge >= 0.3 is 190 Å². The molecule has 41 heavy (non-hydrogen) atoms. The molecule has 4 nitrogen and oxygen atoms in total. The Hall–Kier alpha value is -3.49. The van der Waals surface area contributed by atoms with Gasteiger partial charge in [0.05, 0.1) is 0 Å². The van der Waals surface area contributed by atoms with Crippen molar-refractivity contribution in [1.29, 1.82) is 0 Å². The van der Waals surface area contributed by atoms with Crippen LogP contribution in [0.2, 0.25) is 0 Å². The molecule has 2 N–H and O–H groups in total. The molecule has 218 valence electrons. The quantitative estimate of drug-likeness (QED) is 0.0710. The van der Waals surface area contributed by atoms with Crippen LogP contribution in [0.3, 0.4) is 0 Å². The molecule has 3 aromatic rings. The van der Waals surface area contributed by atoms with Gasteiger partial charge in [0.2, 0.25) is 17.3 Å². The number of hydrogen-bond acceptors (Lipinski definition) is 4. The number of hydrogen-bond donors (Lipinski definition) is 2. The molecule has 0 amide bonds. The molecule has 0 aliphatic rings. The van der Waals surface area contributed by atoms with Gasteiger partial charge in [-0.05, 0) is 12.5 Å². The van der Waals surface area contributed by atoms with Gasteiger partial charge in [0.1, 0.15) is 0 Å². The van der Waals surface area contributed by atoms with E-state index in [0.717, 1.165) is 19.3 Å². The molecule has 0 fully saturated rings. The molecule has 0 saturated carbocycles. The molecule has 0 saturated heterocycles. The molecule has 0 heterocycles. The Labute approximate surface area is 246 Å². The van der Waals surface area contributed by atoms with Crippen molar-refractivity contribution in [2.75, 3.05) is 6.16 Å². The number of Topliss-reactive ketones (excluding diaryl/α,β-unsaturated/α-hetero) is 2. The Balaban J connectivity index is 1.44. The molecule has 0 atom stereocenters. The molecule has 0 unspecified atom stereocenters. The Bertz CT molecular complexity index is 1190. The van der Waals surface area contributed by atoms with Gasteiger partial charge in [0.25, 0.3) is 0 Å². The number of carbonyl (C=O) groups excluding carboxylic acids is 2. The van der Waals surface area contributed by atoms with E-state index in [1.807, 2.05) is 0 Å². The number of allylic oxidation sites excluding steroid dienone is 2. The SMILES string of the molecule is C=C(C)C(=O)/C(O)=C(/O)C(=O)CCCCCCCCCCC[PH](c1ccccc1)(c1ccccc1)c1ccccc1. The minimum atomic E-state index is -2.14. The van der Waals surface area contributed by atoms with Crippen LogP contribution in [-0.4, -0.2) is 27.9 Å². The van der Waals surface area contributed by atoms with Crippen LogP contribution < -0.4 is 15.9 Å². The van der Waals surface area contributed by atoms with Crippen LogP contribution in [0, 0.1) is 0 Å². The first-order valence-electron chi connectivity index (χ1n) is 14.9. The van der Waals surface area contributed by atoms with Crippen molar-refractivity contribution < 1.29 is 19.8 Å². The van der Waals surface area contributed by atoms with Gasteiger partial charge in [0, 0.05) is 0 Å². The number of rotatable bonds is 18. The molecule has 0 aliphatic heterocycles. The fourth-order valence-corrected chi connectivity index (χ4v) is 10.5. The van der Waals surface area contributed by atoms with Crippen LogP contribution in [0.25, 0.3) is 0 Å². The Kier molecular flexibility index (Phi) is 13.0. The summed E-state index contributed by atoms with van der Waals surface area (Å²) in [5.41, 5.74) is 0.0758. The van der Waals surface area contributed by atoms with Gasteiger partial charge in [-0.25, -0.2) is 0 Å². The topological polar surface area (TPSA) is 74.6 Å². The minimum absolute atomic E-state index is 0.0758. The van der Waals surface area contributed by atoms with Crippen molar-refractivity contribution in [3.05, 3.63) is 115 Å². The summed E-state index contributed by atoms with van der Waals surface area (Å²) in [7, 11) is -2.14. The van der Waals surface area contributed by atoms with Crippen LogP contribution in [0.4, 0.5) is 0 Å². The third-order valence-corrected chi connectivity index (χ3v) is 12.9. The standard InChI is InChI=1S/C36H45O4P/c1-29(2)34(38)36(40)35(39)33(37)27-19-8-6-4-3-5-7-9-20-28-41(30-21-13-10-14-22-30,31-23-15-11-16-24-31)32-25-17-12-18-26-32/h10-18,21-26,39-41H,1,3-9,19-20,27-28H2,2H3/b36-35-. The van der Waals surface area contributed by atoms with Gasteiger partial charge in [0.15, 0.2) is 0 Å². The van der Waals surface area contributed by atoms with Crippen LogP contribution in [-0.2, 0) is 9.59 Å². The van der Waals surface area contributed by atoms with Crippen molar-refractivity contribution in [1.82, 2.24) is 0 Å². The first-order chi connectivity index (χ1) is 19.9. The van der Waals surface area contributed by atoms with E-state index in [0.29, 0.717) is 6.42 Å². The van der Waals surface area contributed by atoms with E-state index in [1.54, 1.807) is 0 Å². The third-order valence-electron chi connectivity index (χ3n) is 7.85. The van der Waals surface area contributed by atoms with Gasteiger partial charge in [-0.2, -0.15) is 0 Å². The predicted octanol–water partition coefficient (Wildman–Crippen LogP) is 7.66. The van der Waals surface area contributed by atoms with Crippen LogP contribution in [0.1, 0.15) is 71.1 Å².